The summed E-state index contributed by atoms with van der Waals surface area (Å²) in [6, 6.07) is 13.9. The van der Waals surface area contributed by atoms with Gasteiger partial charge in [0.15, 0.2) is 0 Å². The second-order valence-electron chi connectivity index (χ2n) is 7.43. The number of carbonyl (C=O) groups is 1. The topological polar surface area (TPSA) is 54.0 Å². The largest absolute Gasteiger partial charge is 0.495 e. The molecule has 0 atom stereocenters. The minimum absolute atomic E-state index is 0.401. The monoisotopic (exact) mass is 397 g/mol. The van der Waals surface area contributed by atoms with E-state index in [4.69, 9.17) is 9.47 Å². The molecule has 0 saturated carbocycles. The minimum Gasteiger partial charge on any atom is -0.495 e. The third-order valence-corrected chi connectivity index (χ3v) is 5.27. The maximum absolute atomic E-state index is 12.0. The van der Waals surface area contributed by atoms with Gasteiger partial charge in [0.25, 0.3) is 0 Å². The van der Waals surface area contributed by atoms with Crippen LogP contribution in [0.3, 0.4) is 0 Å². The van der Waals surface area contributed by atoms with Crippen LogP contribution in [0, 0.1) is 13.8 Å². The molecular weight excluding hydrogens is 366 g/mol. The Morgan fingerprint density at radius 3 is 2.59 bits per heavy atom. The van der Waals surface area contributed by atoms with E-state index < -0.39 is 6.09 Å². The molecule has 0 bridgehead atoms. The maximum atomic E-state index is 12.0. The van der Waals surface area contributed by atoms with E-state index in [0.29, 0.717) is 18.0 Å². The van der Waals surface area contributed by atoms with Crippen molar-refractivity contribution in [1.82, 2.24) is 4.90 Å². The van der Waals surface area contributed by atoms with Crippen molar-refractivity contribution >= 4 is 17.5 Å². The number of anilines is 2. The molecule has 0 aromatic heterocycles. The molecule has 6 nitrogen and oxygen atoms in total. The second kappa shape index (κ2) is 10.2. The number of amides is 1. The van der Waals surface area contributed by atoms with Crippen molar-refractivity contribution in [2.24, 2.45) is 0 Å². The summed E-state index contributed by atoms with van der Waals surface area (Å²) in [6.07, 6.45) is 0.372. The van der Waals surface area contributed by atoms with E-state index in [1.54, 1.807) is 19.2 Å². The Morgan fingerprint density at radius 2 is 1.83 bits per heavy atom. The fraction of sp³-hybridized carbons (Fsp3) is 0.435. The van der Waals surface area contributed by atoms with Crippen LogP contribution in [-0.2, 0) is 4.74 Å². The highest BCUT2D eigenvalue weighted by Gasteiger charge is 2.18. The number of nitrogens with one attached hydrogen (secondary N) is 1. The number of hydrogen-bond donors (Lipinski definition) is 1. The first-order chi connectivity index (χ1) is 14.1. The molecule has 0 aliphatic carbocycles. The zero-order valence-corrected chi connectivity index (χ0v) is 17.6. The maximum Gasteiger partial charge on any atom is 0.411 e. The average Bonchev–Trinajstić information content (AvgIpc) is 2.74. The number of methoxy groups -OCH3 is 1. The van der Waals surface area contributed by atoms with E-state index >= 15 is 0 Å². The van der Waals surface area contributed by atoms with Crippen molar-refractivity contribution in [2.75, 3.05) is 56.7 Å². The van der Waals surface area contributed by atoms with E-state index in [-0.39, 0.29) is 0 Å². The fourth-order valence-electron chi connectivity index (χ4n) is 3.62. The fourth-order valence-corrected chi connectivity index (χ4v) is 3.62. The molecule has 1 saturated heterocycles. The van der Waals surface area contributed by atoms with Crippen LogP contribution in [0.4, 0.5) is 16.2 Å². The lowest BCUT2D eigenvalue weighted by atomic mass is 10.1. The van der Waals surface area contributed by atoms with Crippen LogP contribution in [0.1, 0.15) is 17.5 Å². The molecule has 1 aliphatic heterocycles. The molecule has 3 rings (SSSR count). The van der Waals surface area contributed by atoms with Gasteiger partial charge < -0.3 is 14.4 Å². The molecular formula is C23H31N3O3. The number of para-hydroxylation sites is 2. The highest BCUT2D eigenvalue weighted by molar-refractivity contribution is 5.86. The first kappa shape index (κ1) is 21.0. The summed E-state index contributed by atoms with van der Waals surface area (Å²) < 4.78 is 10.5. The van der Waals surface area contributed by atoms with E-state index in [1.165, 1.54) is 16.8 Å². The zero-order chi connectivity index (χ0) is 20.6. The molecule has 1 heterocycles. The number of ether oxygens (including phenoxy) is 2. The van der Waals surface area contributed by atoms with Gasteiger partial charge in [-0.05, 0) is 49.6 Å². The van der Waals surface area contributed by atoms with Gasteiger partial charge in [-0.3, -0.25) is 10.2 Å². The summed E-state index contributed by atoms with van der Waals surface area (Å²) in [4.78, 5) is 16.9. The Morgan fingerprint density at radius 1 is 1.07 bits per heavy atom. The summed E-state index contributed by atoms with van der Waals surface area (Å²) in [6.45, 7) is 9.76. The smallest absolute Gasteiger partial charge is 0.411 e. The highest BCUT2D eigenvalue weighted by Crippen LogP contribution is 2.24. The standard InChI is InChI=1S/C23H31N3O3/c1-18-9-10-19(2)21(17-18)26-14-12-25(13-15-26)11-6-16-29-23(27)24-20-7-4-5-8-22(20)28-3/h4-5,7-10,17H,6,11-16H2,1-3H3,(H,24,27). The van der Waals surface area contributed by atoms with Crippen molar-refractivity contribution in [3.05, 3.63) is 53.6 Å². The molecule has 29 heavy (non-hydrogen) atoms. The van der Waals surface area contributed by atoms with Crippen LogP contribution in [-0.4, -0.2) is 57.4 Å². The van der Waals surface area contributed by atoms with Crippen LogP contribution in [0.25, 0.3) is 0 Å². The van der Waals surface area contributed by atoms with Gasteiger partial charge in [-0.1, -0.05) is 24.3 Å². The van der Waals surface area contributed by atoms with Crippen LogP contribution in [0.15, 0.2) is 42.5 Å². The van der Waals surface area contributed by atoms with E-state index in [2.05, 4.69) is 47.2 Å². The van der Waals surface area contributed by atoms with Crippen LogP contribution in [0.2, 0.25) is 0 Å². The lowest BCUT2D eigenvalue weighted by Crippen LogP contribution is -2.47. The van der Waals surface area contributed by atoms with Crippen molar-refractivity contribution in [3.8, 4) is 5.75 Å². The van der Waals surface area contributed by atoms with Gasteiger partial charge in [-0.15, -0.1) is 0 Å². The second-order valence-corrected chi connectivity index (χ2v) is 7.43. The molecule has 1 fully saturated rings. The lowest BCUT2D eigenvalue weighted by Gasteiger charge is -2.37. The number of nitrogens with zero attached hydrogens (tertiary/aromatic N) is 2. The number of benzene rings is 2. The van der Waals surface area contributed by atoms with Crippen LogP contribution < -0.4 is 15.0 Å². The molecule has 6 heteroatoms. The van der Waals surface area contributed by atoms with E-state index in [9.17, 15) is 4.79 Å². The first-order valence-electron chi connectivity index (χ1n) is 10.2. The molecule has 0 unspecified atom stereocenters. The third-order valence-electron chi connectivity index (χ3n) is 5.27. The molecule has 1 amide bonds. The third kappa shape index (κ3) is 5.87. The summed E-state index contributed by atoms with van der Waals surface area (Å²) >= 11 is 0. The average molecular weight is 398 g/mol. The number of hydrogen-bond acceptors (Lipinski definition) is 5. The summed E-state index contributed by atoms with van der Waals surface area (Å²) in [5, 5.41) is 2.73. The van der Waals surface area contributed by atoms with Crippen LogP contribution in [0.5, 0.6) is 5.75 Å². The molecule has 0 radical (unpaired) electrons. The summed E-state index contributed by atoms with van der Waals surface area (Å²) in [5.74, 6) is 0.617. The van der Waals surface area contributed by atoms with Crippen molar-refractivity contribution in [1.29, 1.82) is 0 Å². The van der Waals surface area contributed by atoms with Gasteiger partial charge >= 0.3 is 6.09 Å². The summed E-state index contributed by atoms with van der Waals surface area (Å²) in [7, 11) is 1.58. The summed E-state index contributed by atoms with van der Waals surface area (Å²) in [5.41, 5.74) is 4.60. The number of carbonyl (C=O) groups excluding carboxylic acids is 1. The number of piperazine rings is 1. The van der Waals surface area contributed by atoms with Crippen molar-refractivity contribution in [3.63, 3.8) is 0 Å². The molecule has 1 aliphatic rings. The Labute approximate surface area is 173 Å². The van der Waals surface area contributed by atoms with E-state index in [1.807, 2.05) is 12.1 Å². The Kier molecular flexibility index (Phi) is 7.36. The molecule has 2 aromatic rings. The van der Waals surface area contributed by atoms with Crippen molar-refractivity contribution < 1.29 is 14.3 Å². The molecule has 0 spiro atoms. The number of rotatable bonds is 7. The van der Waals surface area contributed by atoms with Gasteiger partial charge in [0.05, 0.1) is 19.4 Å². The predicted octanol–water partition coefficient (Wildman–Crippen LogP) is 4.07. The predicted molar refractivity (Wildman–Crippen MR) is 117 cm³/mol. The van der Waals surface area contributed by atoms with Gasteiger partial charge in [0.1, 0.15) is 5.75 Å². The van der Waals surface area contributed by atoms with Crippen molar-refractivity contribution in [2.45, 2.75) is 20.3 Å². The van der Waals surface area contributed by atoms with E-state index in [0.717, 1.165) is 39.1 Å². The lowest BCUT2D eigenvalue weighted by molar-refractivity contribution is 0.151. The molecule has 156 valence electrons. The molecule has 1 N–H and O–H groups in total. The normalized spacial score (nSPS) is 14.5. The zero-order valence-electron chi connectivity index (χ0n) is 17.6. The SMILES string of the molecule is COc1ccccc1NC(=O)OCCCN1CCN(c2cc(C)ccc2C)CC1. The molecule has 2 aromatic carbocycles. The van der Waals surface area contributed by atoms with Crippen LogP contribution >= 0.6 is 0 Å². The Hall–Kier alpha value is -2.73. The highest BCUT2D eigenvalue weighted by atomic mass is 16.5. The van der Waals surface area contributed by atoms with Gasteiger partial charge in [0.2, 0.25) is 0 Å². The minimum atomic E-state index is -0.450. The Balaban J connectivity index is 1.36. The number of aryl methyl sites for hydroxylation is 2. The Bertz CT molecular complexity index is 817. The van der Waals surface area contributed by atoms with Gasteiger partial charge in [-0.25, -0.2) is 4.79 Å². The quantitative estimate of drug-likeness (QED) is 0.714. The first-order valence-corrected chi connectivity index (χ1v) is 10.2. The van der Waals surface area contributed by atoms with Gasteiger partial charge in [0, 0.05) is 38.4 Å². The van der Waals surface area contributed by atoms with Gasteiger partial charge in [-0.2, -0.15) is 0 Å².